The van der Waals surface area contributed by atoms with Gasteiger partial charge in [-0.05, 0) is 17.7 Å². The summed E-state index contributed by atoms with van der Waals surface area (Å²) in [6.07, 6.45) is 3.45. The molecule has 0 spiro atoms. The highest BCUT2D eigenvalue weighted by atomic mass is 35.5. The molecule has 1 aliphatic heterocycles. The van der Waals surface area contributed by atoms with Gasteiger partial charge in [0.1, 0.15) is 5.15 Å². The third-order valence-corrected chi connectivity index (χ3v) is 5.50. The van der Waals surface area contributed by atoms with E-state index in [9.17, 15) is 0 Å². The van der Waals surface area contributed by atoms with E-state index in [0.29, 0.717) is 21.7 Å². The second kappa shape index (κ2) is 6.07. The normalized spacial score (nSPS) is 14.7. The molecule has 0 unspecified atom stereocenters. The van der Waals surface area contributed by atoms with Crippen LogP contribution in [0.15, 0.2) is 30.6 Å². The Hall–Kier alpha value is -1.11. The molecule has 4 rings (SSSR count). The van der Waals surface area contributed by atoms with Crippen molar-refractivity contribution in [2.24, 2.45) is 0 Å². The van der Waals surface area contributed by atoms with Crippen molar-refractivity contribution in [3.05, 3.63) is 56.9 Å². The van der Waals surface area contributed by atoms with Gasteiger partial charge in [-0.2, -0.15) is 0 Å². The van der Waals surface area contributed by atoms with Crippen LogP contribution in [0.1, 0.15) is 11.1 Å². The van der Waals surface area contributed by atoms with E-state index in [1.807, 2.05) is 18.2 Å². The summed E-state index contributed by atoms with van der Waals surface area (Å²) in [7, 11) is 0. The fourth-order valence-corrected chi connectivity index (χ4v) is 4.34. The van der Waals surface area contributed by atoms with Crippen LogP contribution in [-0.2, 0) is 13.1 Å². The topological polar surface area (TPSA) is 44.0 Å². The number of nitrogens with zero attached hydrogens (tertiary/aromatic N) is 2. The minimum absolute atomic E-state index is 0.531. The van der Waals surface area contributed by atoms with Crippen LogP contribution in [0.5, 0.6) is 0 Å². The Morgan fingerprint density at radius 3 is 2.96 bits per heavy atom. The quantitative estimate of drug-likeness (QED) is 0.451. The average Bonchev–Trinajstić information content (AvgIpc) is 2.92. The minimum atomic E-state index is 0.531. The molecule has 118 valence electrons. The first kappa shape index (κ1) is 15.4. The van der Waals surface area contributed by atoms with E-state index in [0.717, 1.165) is 34.3 Å². The van der Waals surface area contributed by atoms with Crippen molar-refractivity contribution < 1.29 is 0 Å². The number of aromatic nitrogens is 2. The SMILES string of the molecule is Clc1ncccc1CN1Cc2cc(Cl)c3c(Cl)c[nH]c3c2NS1. The number of nitrogens with one attached hydrogen (secondary N) is 2. The summed E-state index contributed by atoms with van der Waals surface area (Å²) in [5.41, 5.74) is 4.06. The molecule has 0 aliphatic carbocycles. The van der Waals surface area contributed by atoms with Crippen LogP contribution < -0.4 is 4.72 Å². The Morgan fingerprint density at radius 2 is 2.13 bits per heavy atom. The van der Waals surface area contributed by atoms with Gasteiger partial charge in [0.2, 0.25) is 0 Å². The number of rotatable bonds is 2. The average molecular weight is 386 g/mol. The number of H-pyrrole nitrogens is 1. The predicted molar refractivity (Wildman–Crippen MR) is 98.0 cm³/mol. The van der Waals surface area contributed by atoms with Gasteiger partial charge in [0.25, 0.3) is 0 Å². The zero-order valence-electron chi connectivity index (χ0n) is 11.7. The van der Waals surface area contributed by atoms with Gasteiger partial charge in [-0.15, -0.1) is 0 Å². The number of benzene rings is 1. The summed E-state index contributed by atoms with van der Waals surface area (Å²) < 4.78 is 5.53. The number of fused-ring (bicyclic) bond motifs is 3. The molecular weight excluding hydrogens is 375 g/mol. The second-order valence-corrected chi connectivity index (χ2v) is 7.30. The highest BCUT2D eigenvalue weighted by Gasteiger charge is 2.23. The van der Waals surface area contributed by atoms with Gasteiger partial charge >= 0.3 is 0 Å². The molecule has 2 N–H and O–H groups in total. The van der Waals surface area contributed by atoms with Crippen LogP contribution in [0.2, 0.25) is 15.2 Å². The predicted octanol–water partition coefficient (Wildman–Crippen LogP) is 5.51. The lowest BCUT2D eigenvalue weighted by Gasteiger charge is -2.28. The first-order chi connectivity index (χ1) is 11.1. The fraction of sp³-hybridized carbons (Fsp3) is 0.133. The summed E-state index contributed by atoms with van der Waals surface area (Å²) in [6.45, 7) is 1.43. The van der Waals surface area contributed by atoms with Crippen molar-refractivity contribution in [2.45, 2.75) is 13.1 Å². The standard InChI is InChI=1S/C15H11Cl3N4S/c16-10-4-9-7-22(6-8-2-1-3-19-15(8)18)23-21-13(9)14-12(10)11(17)5-20-14/h1-5,20-21H,6-7H2. The van der Waals surface area contributed by atoms with Gasteiger partial charge in [-0.25, -0.2) is 9.29 Å². The van der Waals surface area contributed by atoms with Crippen LogP contribution in [0.3, 0.4) is 0 Å². The highest BCUT2D eigenvalue weighted by Crippen LogP contribution is 2.42. The monoisotopic (exact) mass is 384 g/mol. The number of hydrogen-bond acceptors (Lipinski definition) is 4. The van der Waals surface area contributed by atoms with E-state index < -0.39 is 0 Å². The number of anilines is 1. The molecule has 0 bridgehead atoms. The van der Waals surface area contributed by atoms with E-state index in [2.05, 4.69) is 19.0 Å². The summed E-state index contributed by atoms with van der Waals surface area (Å²) in [4.78, 5) is 7.30. The lowest BCUT2D eigenvalue weighted by atomic mass is 10.1. The third-order valence-electron chi connectivity index (χ3n) is 3.75. The van der Waals surface area contributed by atoms with Gasteiger partial charge in [-0.3, -0.25) is 0 Å². The molecule has 1 aromatic carbocycles. The largest absolute Gasteiger partial charge is 0.358 e. The summed E-state index contributed by atoms with van der Waals surface area (Å²) in [6, 6.07) is 5.83. The molecule has 0 atom stereocenters. The molecule has 8 heteroatoms. The molecule has 0 saturated carbocycles. The van der Waals surface area contributed by atoms with E-state index in [4.69, 9.17) is 34.8 Å². The van der Waals surface area contributed by atoms with Crippen LogP contribution in [0.25, 0.3) is 10.9 Å². The molecule has 3 aromatic rings. The van der Waals surface area contributed by atoms with Gasteiger partial charge in [0.05, 0.1) is 21.2 Å². The summed E-state index contributed by atoms with van der Waals surface area (Å²) in [5, 5.41) is 2.66. The zero-order chi connectivity index (χ0) is 16.0. The van der Waals surface area contributed by atoms with E-state index in [1.165, 1.54) is 12.1 Å². The van der Waals surface area contributed by atoms with E-state index in [1.54, 1.807) is 12.4 Å². The van der Waals surface area contributed by atoms with Gasteiger partial charge in [-0.1, -0.05) is 40.9 Å². The number of pyridine rings is 1. The number of hydrogen-bond donors (Lipinski definition) is 2. The molecule has 0 fully saturated rings. The molecule has 23 heavy (non-hydrogen) atoms. The van der Waals surface area contributed by atoms with Gasteiger partial charge < -0.3 is 9.71 Å². The van der Waals surface area contributed by atoms with Crippen molar-refractivity contribution >= 4 is 63.5 Å². The maximum atomic E-state index is 6.39. The molecule has 0 saturated heterocycles. The van der Waals surface area contributed by atoms with Crippen LogP contribution in [0, 0.1) is 0 Å². The van der Waals surface area contributed by atoms with Crippen LogP contribution in [0.4, 0.5) is 5.69 Å². The Kier molecular flexibility index (Phi) is 4.07. The molecule has 3 heterocycles. The van der Waals surface area contributed by atoms with Crippen molar-refractivity contribution in [3.63, 3.8) is 0 Å². The second-order valence-electron chi connectivity index (χ2n) is 5.22. The van der Waals surface area contributed by atoms with Crippen molar-refractivity contribution in [1.82, 2.24) is 14.3 Å². The van der Waals surface area contributed by atoms with Crippen molar-refractivity contribution in [2.75, 3.05) is 4.72 Å². The highest BCUT2D eigenvalue weighted by molar-refractivity contribution is 7.98. The Labute approximate surface area is 152 Å². The summed E-state index contributed by atoms with van der Waals surface area (Å²) in [5.74, 6) is 0. The smallest absolute Gasteiger partial charge is 0.133 e. The van der Waals surface area contributed by atoms with Crippen LogP contribution in [-0.4, -0.2) is 14.3 Å². The van der Waals surface area contributed by atoms with E-state index in [-0.39, 0.29) is 0 Å². The van der Waals surface area contributed by atoms with Crippen LogP contribution >= 0.6 is 46.9 Å². The fourth-order valence-electron chi connectivity index (χ4n) is 2.68. The van der Waals surface area contributed by atoms with Gasteiger partial charge in [0.15, 0.2) is 0 Å². The van der Waals surface area contributed by atoms with Gasteiger partial charge in [0, 0.05) is 48.6 Å². The van der Waals surface area contributed by atoms with Crippen molar-refractivity contribution in [3.8, 4) is 0 Å². The first-order valence-corrected chi connectivity index (χ1v) is 8.79. The zero-order valence-corrected chi connectivity index (χ0v) is 14.8. The molecule has 2 aromatic heterocycles. The Bertz CT molecular complexity index is 896. The molecule has 4 nitrogen and oxygen atoms in total. The Balaban J connectivity index is 1.66. The summed E-state index contributed by atoms with van der Waals surface area (Å²) >= 11 is 20.2. The lowest BCUT2D eigenvalue weighted by Crippen LogP contribution is -2.22. The Morgan fingerprint density at radius 1 is 1.26 bits per heavy atom. The molecule has 1 aliphatic rings. The van der Waals surface area contributed by atoms with Crippen molar-refractivity contribution in [1.29, 1.82) is 0 Å². The molecular formula is C15H11Cl3N4S. The van der Waals surface area contributed by atoms with E-state index >= 15 is 0 Å². The minimum Gasteiger partial charge on any atom is -0.358 e. The maximum absolute atomic E-state index is 6.39. The molecule has 0 amide bonds. The maximum Gasteiger partial charge on any atom is 0.133 e. The third kappa shape index (κ3) is 2.77. The lowest BCUT2D eigenvalue weighted by molar-refractivity contribution is 0.460. The first-order valence-electron chi connectivity index (χ1n) is 6.89. The number of halogens is 3. The molecule has 0 radical (unpaired) electrons. The number of aromatic amines is 1.